The monoisotopic (exact) mass is 354 g/mol. The molecule has 1 aromatic rings. The summed E-state index contributed by atoms with van der Waals surface area (Å²) in [6.45, 7) is 12.3. The Morgan fingerprint density at radius 3 is 2.86 bits per heavy atom. The summed E-state index contributed by atoms with van der Waals surface area (Å²) in [6, 6.07) is 6.72. The summed E-state index contributed by atoms with van der Waals surface area (Å²) in [6.07, 6.45) is 1.17. The Kier molecular flexibility index (Phi) is 6.23. The van der Waals surface area contributed by atoms with Crippen molar-refractivity contribution >= 4 is 15.9 Å². The Balaban J connectivity index is 1.94. The van der Waals surface area contributed by atoms with Crippen molar-refractivity contribution in [2.75, 3.05) is 26.2 Å². The third kappa shape index (κ3) is 5.37. The van der Waals surface area contributed by atoms with E-state index in [9.17, 15) is 0 Å². The molecule has 2 rings (SSSR count). The van der Waals surface area contributed by atoms with Crippen LogP contribution in [0.1, 0.15) is 38.3 Å². The van der Waals surface area contributed by atoms with Crippen molar-refractivity contribution in [3.8, 4) is 0 Å². The standard InChI is InChI=1S/C17H27BrN2O/c1-4-7-19-11-14-5-6-15(16(18)10-14)12-20-8-9-21-17(2,3)13-20/h5-6,10,19H,4,7-9,11-13H2,1-3H3. The lowest BCUT2D eigenvalue weighted by Gasteiger charge is -2.38. The van der Waals surface area contributed by atoms with E-state index < -0.39 is 0 Å². The van der Waals surface area contributed by atoms with E-state index in [0.717, 1.165) is 39.3 Å². The third-order valence-corrected chi connectivity index (χ3v) is 4.51. The average Bonchev–Trinajstić information content (AvgIpc) is 2.41. The van der Waals surface area contributed by atoms with Gasteiger partial charge in [0.05, 0.1) is 12.2 Å². The molecule has 21 heavy (non-hydrogen) atoms. The Morgan fingerprint density at radius 1 is 1.38 bits per heavy atom. The highest BCUT2D eigenvalue weighted by molar-refractivity contribution is 9.10. The summed E-state index contributed by atoms with van der Waals surface area (Å²) in [5, 5.41) is 3.44. The second kappa shape index (κ2) is 7.73. The summed E-state index contributed by atoms with van der Waals surface area (Å²) >= 11 is 3.73. The van der Waals surface area contributed by atoms with Gasteiger partial charge in [-0.25, -0.2) is 0 Å². The maximum atomic E-state index is 5.78. The quantitative estimate of drug-likeness (QED) is 0.790. The topological polar surface area (TPSA) is 24.5 Å². The van der Waals surface area contributed by atoms with Crippen LogP contribution < -0.4 is 5.32 Å². The number of benzene rings is 1. The SMILES string of the molecule is CCCNCc1ccc(CN2CCOC(C)(C)C2)c(Br)c1. The number of halogens is 1. The fourth-order valence-corrected chi connectivity index (χ4v) is 3.28. The molecule has 0 amide bonds. The van der Waals surface area contributed by atoms with Crippen LogP contribution >= 0.6 is 15.9 Å². The fraction of sp³-hybridized carbons (Fsp3) is 0.647. The van der Waals surface area contributed by atoms with Crippen LogP contribution in [0.2, 0.25) is 0 Å². The van der Waals surface area contributed by atoms with Gasteiger partial charge in [0.2, 0.25) is 0 Å². The van der Waals surface area contributed by atoms with E-state index in [4.69, 9.17) is 4.74 Å². The molecule has 0 aliphatic carbocycles. The highest BCUT2D eigenvalue weighted by Gasteiger charge is 2.27. The first-order valence-electron chi connectivity index (χ1n) is 7.84. The van der Waals surface area contributed by atoms with E-state index in [1.807, 2.05) is 0 Å². The number of hydrogen-bond acceptors (Lipinski definition) is 3. The maximum Gasteiger partial charge on any atom is 0.0753 e. The molecule has 0 atom stereocenters. The van der Waals surface area contributed by atoms with Crippen molar-refractivity contribution in [3.05, 3.63) is 33.8 Å². The van der Waals surface area contributed by atoms with Crippen molar-refractivity contribution in [1.29, 1.82) is 0 Å². The van der Waals surface area contributed by atoms with Crippen molar-refractivity contribution < 1.29 is 4.74 Å². The molecule has 0 aromatic heterocycles. The number of morpholine rings is 1. The Morgan fingerprint density at radius 2 is 2.19 bits per heavy atom. The molecule has 0 bridgehead atoms. The molecule has 1 aliphatic heterocycles. The van der Waals surface area contributed by atoms with E-state index in [0.29, 0.717) is 0 Å². The van der Waals surface area contributed by atoms with E-state index in [1.165, 1.54) is 22.0 Å². The molecule has 1 aliphatic rings. The molecule has 0 radical (unpaired) electrons. The zero-order valence-electron chi connectivity index (χ0n) is 13.4. The van der Waals surface area contributed by atoms with Crippen LogP contribution in [0.4, 0.5) is 0 Å². The molecule has 1 N–H and O–H groups in total. The molecular formula is C17H27BrN2O. The van der Waals surface area contributed by atoms with Crippen molar-refractivity contribution in [2.24, 2.45) is 0 Å². The van der Waals surface area contributed by atoms with Gasteiger partial charge < -0.3 is 10.1 Å². The van der Waals surface area contributed by atoms with Crippen LogP contribution in [0.25, 0.3) is 0 Å². The number of nitrogens with one attached hydrogen (secondary N) is 1. The zero-order valence-corrected chi connectivity index (χ0v) is 15.0. The van der Waals surface area contributed by atoms with Crippen LogP contribution in [-0.4, -0.2) is 36.7 Å². The lowest BCUT2D eigenvalue weighted by molar-refractivity contribution is -0.0883. The Labute approximate surface area is 137 Å². The first-order valence-corrected chi connectivity index (χ1v) is 8.64. The normalized spacial score (nSPS) is 18.9. The van der Waals surface area contributed by atoms with E-state index >= 15 is 0 Å². The first kappa shape index (κ1) is 16.9. The molecule has 4 heteroatoms. The molecule has 0 spiro atoms. The fourth-order valence-electron chi connectivity index (χ4n) is 2.73. The lowest BCUT2D eigenvalue weighted by atomic mass is 10.1. The van der Waals surface area contributed by atoms with Gasteiger partial charge in [0, 0.05) is 30.7 Å². The summed E-state index contributed by atoms with van der Waals surface area (Å²) in [5.74, 6) is 0. The van der Waals surface area contributed by atoms with Gasteiger partial charge in [0.25, 0.3) is 0 Å². The van der Waals surface area contributed by atoms with Crippen molar-refractivity contribution in [2.45, 2.75) is 45.9 Å². The number of hydrogen-bond donors (Lipinski definition) is 1. The van der Waals surface area contributed by atoms with Crippen molar-refractivity contribution in [3.63, 3.8) is 0 Å². The Hall–Kier alpha value is -0.420. The number of rotatable bonds is 6. The molecular weight excluding hydrogens is 328 g/mol. The summed E-state index contributed by atoms with van der Waals surface area (Å²) < 4.78 is 6.99. The second-order valence-electron chi connectivity index (χ2n) is 6.42. The van der Waals surface area contributed by atoms with E-state index in [-0.39, 0.29) is 5.60 Å². The van der Waals surface area contributed by atoms with Crippen LogP contribution in [0, 0.1) is 0 Å². The minimum atomic E-state index is -0.0330. The predicted molar refractivity (Wildman–Crippen MR) is 91.4 cm³/mol. The van der Waals surface area contributed by atoms with Crippen LogP contribution in [-0.2, 0) is 17.8 Å². The number of nitrogens with zero attached hydrogens (tertiary/aromatic N) is 1. The highest BCUT2D eigenvalue weighted by atomic mass is 79.9. The van der Waals surface area contributed by atoms with Gasteiger partial charge in [-0.1, -0.05) is 35.0 Å². The smallest absolute Gasteiger partial charge is 0.0753 e. The molecule has 118 valence electrons. The van der Waals surface area contributed by atoms with Gasteiger partial charge in [-0.05, 0) is 44.0 Å². The van der Waals surface area contributed by atoms with Gasteiger partial charge >= 0.3 is 0 Å². The van der Waals surface area contributed by atoms with Crippen LogP contribution in [0.3, 0.4) is 0 Å². The van der Waals surface area contributed by atoms with Gasteiger partial charge in [0.1, 0.15) is 0 Å². The van der Waals surface area contributed by atoms with Crippen LogP contribution in [0.15, 0.2) is 22.7 Å². The lowest BCUT2D eigenvalue weighted by Crippen LogP contribution is -2.47. The molecule has 0 unspecified atom stereocenters. The zero-order chi connectivity index (χ0) is 15.3. The van der Waals surface area contributed by atoms with E-state index in [1.54, 1.807) is 0 Å². The Bertz CT molecular complexity index is 462. The summed E-state index contributed by atoms with van der Waals surface area (Å²) in [5.41, 5.74) is 2.66. The largest absolute Gasteiger partial charge is 0.373 e. The minimum Gasteiger partial charge on any atom is -0.373 e. The minimum absolute atomic E-state index is 0.0330. The second-order valence-corrected chi connectivity index (χ2v) is 7.28. The highest BCUT2D eigenvalue weighted by Crippen LogP contribution is 2.23. The van der Waals surface area contributed by atoms with Gasteiger partial charge in [-0.2, -0.15) is 0 Å². The summed E-state index contributed by atoms with van der Waals surface area (Å²) in [4.78, 5) is 2.47. The molecule has 0 saturated carbocycles. The van der Waals surface area contributed by atoms with Crippen molar-refractivity contribution in [1.82, 2.24) is 10.2 Å². The van der Waals surface area contributed by atoms with Gasteiger partial charge in [0.15, 0.2) is 0 Å². The molecule has 1 fully saturated rings. The third-order valence-electron chi connectivity index (χ3n) is 3.77. The van der Waals surface area contributed by atoms with Crippen LogP contribution in [0.5, 0.6) is 0 Å². The molecule has 3 nitrogen and oxygen atoms in total. The molecule has 1 aromatic carbocycles. The molecule has 1 heterocycles. The number of ether oxygens (including phenoxy) is 1. The van der Waals surface area contributed by atoms with Gasteiger partial charge in [-0.15, -0.1) is 0 Å². The first-order chi connectivity index (χ1) is 10.00. The average molecular weight is 355 g/mol. The summed E-state index contributed by atoms with van der Waals surface area (Å²) in [7, 11) is 0. The van der Waals surface area contributed by atoms with Gasteiger partial charge in [-0.3, -0.25) is 4.90 Å². The predicted octanol–water partition coefficient (Wildman–Crippen LogP) is 3.56. The van der Waals surface area contributed by atoms with E-state index in [2.05, 4.69) is 65.1 Å². The maximum absolute atomic E-state index is 5.78. The molecule has 1 saturated heterocycles.